The van der Waals surface area contributed by atoms with E-state index in [4.69, 9.17) is 4.74 Å². The Labute approximate surface area is 151 Å². The minimum Gasteiger partial charge on any atom is -0.489 e. The number of carbonyl (C=O) groups excluding carboxylic acids is 1. The molecule has 0 unspecified atom stereocenters. The molecule has 0 radical (unpaired) electrons. The number of carbonyl (C=O) groups is 1. The van der Waals surface area contributed by atoms with Crippen LogP contribution in [0, 0.1) is 0 Å². The first-order valence-electron chi connectivity index (χ1n) is 8.70. The molecule has 4 rings (SSSR count). The van der Waals surface area contributed by atoms with Gasteiger partial charge in [0.15, 0.2) is 0 Å². The normalized spacial score (nSPS) is 16.5. The Morgan fingerprint density at radius 3 is 2.96 bits per heavy atom. The first kappa shape index (κ1) is 16.4. The summed E-state index contributed by atoms with van der Waals surface area (Å²) in [5.41, 5.74) is 2.58. The number of anilines is 1. The molecular weight excluding hydrogens is 330 g/mol. The zero-order valence-corrected chi connectivity index (χ0v) is 14.3. The second-order valence-electron chi connectivity index (χ2n) is 6.29. The predicted molar refractivity (Wildman–Crippen MR) is 99.4 cm³/mol. The number of ether oxygens (including phenoxy) is 1. The van der Waals surface area contributed by atoms with E-state index in [2.05, 4.69) is 20.9 Å². The van der Waals surface area contributed by atoms with Gasteiger partial charge >= 0.3 is 6.03 Å². The zero-order valence-electron chi connectivity index (χ0n) is 14.3. The molecule has 26 heavy (non-hydrogen) atoms. The topological polar surface area (TPSA) is 79.7 Å². The van der Waals surface area contributed by atoms with E-state index in [0.717, 1.165) is 42.2 Å². The number of fused-ring (bicyclic) bond motifs is 1. The smallest absolute Gasteiger partial charge is 0.319 e. The van der Waals surface area contributed by atoms with E-state index in [0.29, 0.717) is 6.54 Å². The van der Waals surface area contributed by atoms with E-state index < -0.39 is 0 Å². The molecular formula is C19H21N5O2. The van der Waals surface area contributed by atoms with Crippen LogP contribution in [-0.4, -0.2) is 34.6 Å². The number of hydrogen-bond donors (Lipinski definition) is 3. The average molecular weight is 351 g/mol. The summed E-state index contributed by atoms with van der Waals surface area (Å²) in [7, 11) is 0. The van der Waals surface area contributed by atoms with Crippen molar-refractivity contribution in [3.8, 4) is 5.75 Å². The van der Waals surface area contributed by atoms with Gasteiger partial charge in [-0.2, -0.15) is 0 Å². The van der Waals surface area contributed by atoms with Crippen molar-refractivity contribution in [3.05, 3.63) is 60.6 Å². The summed E-state index contributed by atoms with van der Waals surface area (Å²) in [5, 5.41) is 8.95. The summed E-state index contributed by atoms with van der Waals surface area (Å²) in [4.78, 5) is 16.3. The maximum atomic E-state index is 12.1. The van der Waals surface area contributed by atoms with Crippen LogP contribution in [0.1, 0.15) is 12.0 Å². The van der Waals surface area contributed by atoms with Gasteiger partial charge in [-0.3, -0.25) is 0 Å². The number of nitrogens with zero attached hydrogens (tertiary/aromatic N) is 2. The van der Waals surface area contributed by atoms with E-state index in [9.17, 15) is 4.79 Å². The largest absolute Gasteiger partial charge is 0.489 e. The van der Waals surface area contributed by atoms with Gasteiger partial charge in [0.2, 0.25) is 0 Å². The molecule has 1 atom stereocenters. The summed E-state index contributed by atoms with van der Waals surface area (Å²) >= 11 is 0. The lowest BCUT2D eigenvalue weighted by molar-refractivity contribution is 0.223. The molecule has 3 N–H and O–H groups in total. The molecule has 7 heteroatoms. The molecule has 0 aliphatic carbocycles. The molecule has 1 aromatic carbocycles. The van der Waals surface area contributed by atoms with Gasteiger partial charge < -0.3 is 25.1 Å². The van der Waals surface area contributed by atoms with Crippen LogP contribution in [0.3, 0.4) is 0 Å². The van der Waals surface area contributed by atoms with Gasteiger partial charge in [-0.25, -0.2) is 9.78 Å². The van der Waals surface area contributed by atoms with Gasteiger partial charge in [-0.1, -0.05) is 0 Å². The Kier molecular flexibility index (Phi) is 4.70. The molecule has 134 valence electrons. The fourth-order valence-electron chi connectivity index (χ4n) is 2.96. The number of rotatable bonds is 5. The van der Waals surface area contributed by atoms with Gasteiger partial charge in [0, 0.05) is 37.4 Å². The Balaban J connectivity index is 1.28. The lowest BCUT2D eigenvalue weighted by Gasteiger charge is -2.13. The predicted octanol–water partition coefficient (Wildman–Crippen LogP) is 2.40. The highest BCUT2D eigenvalue weighted by molar-refractivity contribution is 5.89. The van der Waals surface area contributed by atoms with Crippen molar-refractivity contribution in [3.63, 3.8) is 0 Å². The summed E-state index contributed by atoms with van der Waals surface area (Å²) in [6.45, 7) is 2.32. The van der Waals surface area contributed by atoms with Gasteiger partial charge in [0.1, 0.15) is 17.5 Å². The maximum absolute atomic E-state index is 12.1. The minimum absolute atomic E-state index is 0.226. The van der Waals surface area contributed by atoms with Crippen LogP contribution in [0.15, 0.2) is 55.0 Å². The first-order valence-corrected chi connectivity index (χ1v) is 8.70. The third-order valence-corrected chi connectivity index (χ3v) is 4.35. The van der Waals surface area contributed by atoms with E-state index in [-0.39, 0.29) is 12.1 Å². The Morgan fingerprint density at radius 2 is 2.15 bits per heavy atom. The molecule has 0 bridgehead atoms. The molecule has 1 saturated heterocycles. The molecule has 1 aliphatic rings. The summed E-state index contributed by atoms with van der Waals surface area (Å²) in [6, 6.07) is 11.1. The molecule has 3 aromatic rings. The number of aromatic nitrogens is 2. The molecule has 3 heterocycles. The second kappa shape index (κ2) is 7.45. The third kappa shape index (κ3) is 3.94. The van der Waals surface area contributed by atoms with Crippen LogP contribution < -0.4 is 20.7 Å². The quantitative estimate of drug-likeness (QED) is 0.659. The van der Waals surface area contributed by atoms with Crippen LogP contribution in [-0.2, 0) is 6.54 Å². The van der Waals surface area contributed by atoms with Crippen molar-refractivity contribution in [2.24, 2.45) is 0 Å². The van der Waals surface area contributed by atoms with E-state index in [1.807, 2.05) is 53.2 Å². The standard InChI is InChI=1S/C19H21N5O2/c25-19(22-12-14-6-9-24-10-8-21-18(24)11-14)23-15-1-3-16(4-2-15)26-17-5-7-20-13-17/h1-4,6,8-11,17,20H,5,7,12-13H2,(H2,22,23,25)/t17-/m0/s1. The summed E-state index contributed by atoms with van der Waals surface area (Å²) in [6.07, 6.45) is 6.80. The fraction of sp³-hybridized carbons (Fsp3) is 0.263. The highest BCUT2D eigenvalue weighted by Crippen LogP contribution is 2.18. The fourth-order valence-corrected chi connectivity index (χ4v) is 2.96. The number of amides is 2. The molecule has 2 amide bonds. The monoisotopic (exact) mass is 351 g/mol. The maximum Gasteiger partial charge on any atom is 0.319 e. The number of pyridine rings is 1. The zero-order chi connectivity index (χ0) is 17.8. The summed E-state index contributed by atoms with van der Waals surface area (Å²) < 4.78 is 7.80. The number of hydrogen-bond acceptors (Lipinski definition) is 4. The second-order valence-corrected chi connectivity index (χ2v) is 6.29. The van der Waals surface area contributed by atoms with E-state index >= 15 is 0 Å². The molecule has 1 aliphatic heterocycles. The van der Waals surface area contributed by atoms with Gasteiger partial charge in [0.05, 0.1) is 0 Å². The molecule has 0 spiro atoms. The highest BCUT2D eigenvalue weighted by atomic mass is 16.5. The third-order valence-electron chi connectivity index (χ3n) is 4.35. The molecule has 1 fully saturated rings. The minimum atomic E-state index is -0.248. The lowest BCUT2D eigenvalue weighted by Crippen LogP contribution is -2.28. The van der Waals surface area contributed by atoms with Gasteiger partial charge in [-0.15, -0.1) is 0 Å². The van der Waals surface area contributed by atoms with Gasteiger partial charge in [0.25, 0.3) is 0 Å². The van der Waals surface area contributed by atoms with Crippen molar-refractivity contribution in [2.75, 3.05) is 18.4 Å². The van der Waals surface area contributed by atoms with Crippen molar-refractivity contribution in [2.45, 2.75) is 19.1 Å². The number of benzene rings is 1. The lowest BCUT2D eigenvalue weighted by atomic mass is 10.2. The highest BCUT2D eigenvalue weighted by Gasteiger charge is 2.15. The Morgan fingerprint density at radius 1 is 1.27 bits per heavy atom. The van der Waals surface area contributed by atoms with Crippen LogP contribution in [0.2, 0.25) is 0 Å². The Bertz CT molecular complexity index is 884. The van der Waals surface area contributed by atoms with Crippen molar-refractivity contribution < 1.29 is 9.53 Å². The van der Waals surface area contributed by atoms with Crippen LogP contribution in [0.5, 0.6) is 5.75 Å². The van der Waals surface area contributed by atoms with Crippen LogP contribution in [0.25, 0.3) is 5.65 Å². The van der Waals surface area contributed by atoms with Crippen molar-refractivity contribution in [1.82, 2.24) is 20.0 Å². The number of imidazole rings is 1. The van der Waals surface area contributed by atoms with Crippen molar-refractivity contribution >= 4 is 17.4 Å². The van der Waals surface area contributed by atoms with E-state index in [1.54, 1.807) is 6.20 Å². The van der Waals surface area contributed by atoms with Crippen LogP contribution >= 0.6 is 0 Å². The van der Waals surface area contributed by atoms with Crippen molar-refractivity contribution in [1.29, 1.82) is 0 Å². The summed E-state index contributed by atoms with van der Waals surface area (Å²) in [5.74, 6) is 0.817. The van der Waals surface area contributed by atoms with Crippen LogP contribution in [0.4, 0.5) is 10.5 Å². The van der Waals surface area contributed by atoms with Gasteiger partial charge in [-0.05, 0) is 54.9 Å². The van der Waals surface area contributed by atoms with E-state index in [1.165, 1.54) is 0 Å². The first-order chi connectivity index (χ1) is 12.8. The molecule has 0 saturated carbocycles. The molecule has 2 aromatic heterocycles. The number of nitrogens with one attached hydrogen (secondary N) is 3. The molecule has 7 nitrogen and oxygen atoms in total. The SMILES string of the molecule is O=C(NCc1ccn2ccnc2c1)Nc1ccc(O[C@H]2CCNC2)cc1. The Hall–Kier alpha value is -3.06. The number of urea groups is 1. The average Bonchev–Trinajstić information content (AvgIpc) is 3.33.